The molecule has 0 aromatic carbocycles. The Morgan fingerprint density at radius 3 is 1.45 bits per heavy atom. The van der Waals surface area contributed by atoms with Gasteiger partial charge in [-0.3, -0.25) is 19.7 Å². The third kappa shape index (κ3) is 13.9. The zero-order valence-electron chi connectivity index (χ0n) is 17.4. The maximum Gasteiger partial charge on any atom is 0.242 e. The third-order valence-corrected chi connectivity index (χ3v) is 3.93. The van der Waals surface area contributed by atoms with Gasteiger partial charge in [0.1, 0.15) is 6.04 Å². The average molecular weight is 425 g/mol. The van der Waals surface area contributed by atoms with Gasteiger partial charge in [0.25, 0.3) is 0 Å². The molecule has 0 radical (unpaired) electrons. The summed E-state index contributed by atoms with van der Waals surface area (Å²) in [5, 5.41) is 34.3. The molecule has 4 unspecified atom stereocenters. The first-order chi connectivity index (χ1) is 12.4. The smallest absolute Gasteiger partial charge is 0.242 e. The monoisotopic (exact) mass is 424 g/mol. The highest BCUT2D eigenvalue weighted by Crippen LogP contribution is 2.03. The molecule has 176 valence electrons. The third-order valence-electron chi connectivity index (χ3n) is 3.93. The number of amides is 3. The predicted molar refractivity (Wildman–Crippen MR) is 116 cm³/mol. The van der Waals surface area contributed by atoms with E-state index in [-0.39, 0.29) is 38.6 Å². The van der Waals surface area contributed by atoms with Crippen LogP contribution in [0.25, 0.3) is 0 Å². The molecule has 0 fully saturated rings. The fourth-order valence-electron chi connectivity index (χ4n) is 1.68. The maximum atomic E-state index is 11.3. The van der Waals surface area contributed by atoms with Crippen LogP contribution < -0.4 is 31.9 Å². The fourth-order valence-corrected chi connectivity index (χ4v) is 1.68. The van der Waals surface area contributed by atoms with E-state index in [1.807, 2.05) is 0 Å². The Morgan fingerprint density at radius 2 is 1.10 bits per heavy atom. The number of hydrogen-bond acceptors (Lipinski definition) is 8. The number of hydrogen-bond donors (Lipinski definition) is 8. The molecule has 0 bridgehead atoms. The molecule has 11 nitrogen and oxygen atoms in total. The summed E-state index contributed by atoms with van der Waals surface area (Å²) in [5.74, 6) is -2.79. The van der Waals surface area contributed by atoms with Crippen molar-refractivity contribution in [1.82, 2.24) is 31.9 Å². The van der Waals surface area contributed by atoms with Crippen LogP contribution >= 0.6 is 0 Å². The SMILES string of the molecule is C.C.CNC(=O)C(C)NC(=O)C(C)NC.CNC(=O)C(C)NC(O)(O)C(C)NC. The van der Waals surface area contributed by atoms with Crippen LogP contribution in [0.5, 0.6) is 0 Å². The molecular weight excluding hydrogens is 380 g/mol. The van der Waals surface area contributed by atoms with Gasteiger partial charge in [-0.2, -0.15) is 0 Å². The molecule has 0 rings (SSSR count). The first-order valence-corrected chi connectivity index (χ1v) is 8.68. The van der Waals surface area contributed by atoms with Gasteiger partial charge in [-0.15, -0.1) is 0 Å². The highest BCUT2D eigenvalue weighted by Gasteiger charge is 2.32. The van der Waals surface area contributed by atoms with E-state index in [0.29, 0.717) is 0 Å². The number of aliphatic hydroxyl groups is 2. The second kappa shape index (κ2) is 17.1. The molecule has 0 aliphatic carbocycles. The highest BCUT2D eigenvalue weighted by molar-refractivity contribution is 5.89. The second-order valence-corrected chi connectivity index (χ2v) is 6.07. The Morgan fingerprint density at radius 1 is 0.690 bits per heavy atom. The summed E-state index contributed by atoms with van der Waals surface area (Å²) in [4.78, 5) is 33.3. The van der Waals surface area contributed by atoms with Gasteiger partial charge < -0.3 is 36.8 Å². The molecule has 0 saturated heterocycles. The van der Waals surface area contributed by atoms with Crippen LogP contribution in [0.1, 0.15) is 42.5 Å². The lowest BCUT2D eigenvalue weighted by Crippen LogP contribution is -2.62. The predicted octanol–water partition coefficient (Wildman–Crippen LogP) is -1.93. The Kier molecular flexibility index (Phi) is 20.5. The van der Waals surface area contributed by atoms with Crippen LogP contribution in [-0.4, -0.2) is 86.2 Å². The Hall–Kier alpha value is -1.79. The van der Waals surface area contributed by atoms with Gasteiger partial charge in [0.05, 0.1) is 18.1 Å². The minimum absolute atomic E-state index is 0. The summed E-state index contributed by atoms with van der Waals surface area (Å²) >= 11 is 0. The first kappa shape index (κ1) is 34.7. The molecule has 0 aromatic rings. The van der Waals surface area contributed by atoms with Crippen molar-refractivity contribution in [2.45, 2.75) is 72.6 Å². The summed E-state index contributed by atoms with van der Waals surface area (Å²) in [5.41, 5.74) is 0. The van der Waals surface area contributed by atoms with Crippen molar-refractivity contribution in [1.29, 1.82) is 0 Å². The Labute approximate surface area is 175 Å². The van der Waals surface area contributed by atoms with Crippen molar-refractivity contribution in [3.05, 3.63) is 0 Å². The van der Waals surface area contributed by atoms with E-state index in [1.54, 1.807) is 41.8 Å². The van der Waals surface area contributed by atoms with Crippen LogP contribution in [0, 0.1) is 0 Å². The molecule has 0 aromatic heterocycles. The molecule has 3 amide bonds. The Bertz CT molecular complexity index is 476. The van der Waals surface area contributed by atoms with E-state index in [2.05, 4.69) is 31.9 Å². The minimum Gasteiger partial charge on any atom is -0.358 e. The second-order valence-electron chi connectivity index (χ2n) is 6.07. The summed E-state index contributed by atoms with van der Waals surface area (Å²) < 4.78 is 0. The molecular formula is C18H44N6O5. The topological polar surface area (TPSA) is 164 Å². The molecule has 11 heteroatoms. The van der Waals surface area contributed by atoms with E-state index < -0.39 is 24.0 Å². The van der Waals surface area contributed by atoms with Crippen molar-refractivity contribution in [3.63, 3.8) is 0 Å². The molecule has 4 atom stereocenters. The maximum absolute atomic E-state index is 11.3. The Balaban J connectivity index is -0.000000202. The first-order valence-electron chi connectivity index (χ1n) is 8.68. The molecule has 0 heterocycles. The summed E-state index contributed by atoms with van der Waals surface area (Å²) in [7, 11) is 6.30. The lowest BCUT2D eigenvalue weighted by molar-refractivity contribution is -0.208. The van der Waals surface area contributed by atoms with Crippen molar-refractivity contribution < 1.29 is 24.6 Å². The van der Waals surface area contributed by atoms with Crippen molar-refractivity contribution in [3.8, 4) is 0 Å². The zero-order chi connectivity index (χ0) is 21.8. The van der Waals surface area contributed by atoms with E-state index in [1.165, 1.54) is 14.1 Å². The van der Waals surface area contributed by atoms with Gasteiger partial charge in [-0.25, -0.2) is 0 Å². The van der Waals surface area contributed by atoms with E-state index >= 15 is 0 Å². The summed E-state index contributed by atoms with van der Waals surface area (Å²) in [6, 6.07) is -2.04. The van der Waals surface area contributed by atoms with Crippen LogP contribution in [-0.2, 0) is 14.4 Å². The lowest BCUT2D eigenvalue weighted by atomic mass is 10.2. The highest BCUT2D eigenvalue weighted by atomic mass is 16.5. The van der Waals surface area contributed by atoms with Crippen molar-refractivity contribution in [2.75, 3.05) is 28.2 Å². The van der Waals surface area contributed by atoms with E-state index in [0.717, 1.165) is 0 Å². The quantitative estimate of drug-likeness (QED) is 0.198. The lowest BCUT2D eigenvalue weighted by Gasteiger charge is -2.31. The number of likely N-dealkylation sites (N-methyl/N-ethyl adjacent to an activating group) is 4. The van der Waals surface area contributed by atoms with Gasteiger partial charge in [0, 0.05) is 14.1 Å². The summed E-state index contributed by atoms with van der Waals surface area (Å²) in [6.45, 7) is 6.50. The van der Waals surface area contributed by atoms with Gasteiger partial charge in [-0.05, 0) is 41.8 Å². The zero-order valence-corrected chi connectivity index (χ0v) is 17.4. The van der Waals surface area contributed by atoms with E-state index in [4.69, 9.17) is 0 Å². The van der Waals surface area contributed by atoms with Crippen molar-refractivity contribution in [2.24, 2.45) is 0 Å². The van der Waals surface area contributed by atoms with Crippen LogP contribution in [0.3, 0.4) is 0 Å². The number of carbonyl (C=O) groups excluding carboxylic acids is 3. The van der Waals surface area contributed by atoms with Crippen molar-refractivity contribution >= 4 is 17.7 Å². The molecule has 0 aliphatic rings. The molecule has 0 spiro atoms. The van der Waals surface area contributed by atoms with Gasteiger partial charge in [-0.1, -0.05) is 14.9 Å². The minimum atomic E-state index is -2.11. The fraction of sp³-hybridized carbons (Fsp3) is 0.833. The molecule has 0 aliphatic heterocycles. The molecule has 29 heavy (non-hydrogen) atoms. The number of nitrogens with one attached hydrogen (secondary N) is 6. The largest absolute Gasteiger partial charge is 0.358 e. The van der Waals surface area contributed by atoms with Crippen LogP contribution in [0.4, 0.5) is 0 Å². The summed E-state index contributed by atoms with van der Waals surface area (Å²) in [6.07, 6.45) is 0. The van der Waals surface area contributed by atoms with Gasteiger partial charge in [0.2, 0.25) is 23.6 Å². The average Bonchev–Trinajstić information content (AvgIpc) is 2.64. The van der Waals surface area contributed by atoms with Gasteiger partial charge in [0.15, 0.2) is 0 Å². The van der Waals surface area contributed by atoms with Gasteiger partial charge >= 0.3 is 0 Å². The molecule has 8 N–H and O–H groups in total. The standard InChI is InChI=1S/C8H19N3O3.C8H17N3O2.2CH4/c1-5(7(12)10-4)11-8(13,14)6(2)9-3;1-5(9-3)8(13)11-6(2)7(12)10-4;;/h5-6,9,11,13-14H,1-4H3,(H,10,12);5-6,9H,1-4H3,(H,10,12)(H,11,13);2*1H4. The molecule has 0 saturated carbocycles. The number of carbonyl (C=O) groups is 3. The normalized spacial score (nSPS) is 14.3. The van der Waals surface area contributed by atoms with Crippen LogP contribution in [0.2, 0.25) is 0 Å². The van der Waals surface area contributed by atoms with E-state index in [9.17, 15) is 24.6 Å². The number of rotatable bonds is 9. The van der Waals surface area contributed by atoms with Crippen LogP contribution in [0.15, 0.2) is 0 Å².